The Morgan fingerprint density at radius 1 is 1.53 bits per heavy atom. The maximum absolute atomic E-state index is 11.5. The first-order chi connectivity index (χ1) is 8.31. The molecule has 0 bridgehead atoms. The molecule has 1 heterocycles. The summed E-state index contributed by atoms with van der Waals surface area (Å²) < 4.78 is 4.78. The molecule has 0 aliphatic carbocycles. The summed E-state index contributed by atoms with van der Waals surface area (Å²) in [6, 6.07) is 7.58. The average Bonchev–Trinajstić information content (AvgIpc) is 2.83. The lowest BCUT2D eigenvalue weighted by Gasteiger charge is -2.10. The van der Waals surface area contributed by atoms with Crippen molar-refractivity contribution in [2.24, 2.45) is 4.99 Å². The fourth-order valence-electron chi connectivity index (χ4n) is 1.69. The number of hydrogen-bond acceptors (Lipinski definition) is 4. The van der Waals surface area contributed by atoms with Crippen LogP contribution in [0.3, 0.4) is 0 Å². The molecule has 2 N–H and O–H groups in total. The van der Waals surface area contributed by atoms with Crippen molar-refractivity contribution >= 4 is 17.4 Å². The summed E-state index contributed by atoms with van der Waals surface area (Å²) in [5, 5.41) is 5.99. The van der Waals surface area contributed by atoms with Gasteiger partial charge in [-0.3, -0.25) is 9.79 Å². The molecule has 5 nitrogen and oxygen atoms in total. The number of anilines is 1. The Bertz CT molecular complexity index is 443. The van der Waals surface area contributed by atoms with Gasteiger partial charge in [-0.2, -0.15) is 0 Å². The van der Waals surface area contributed by atoms with E-state index in [9.17, 15) is 4.79 Å². The molecule has 1 aliphatic rings. The third-order valence-corrected chi connectivity index (χ3v) is 2.41. The largest absolute Gasteiger partial charge is 0.375 e. The molecule has 0 saturated heterocycles. The number of aliphatic imine (C=N–C) groups is 1. The second-order valence-electron chi connectivity index (χ2n) is 3.68. The van der Waals surface area contributed by atoms with Crippen LogP contribution in [0.5, 0.6) is 0 Å². The lowest BCUT2D eigenvalue weighted by molar-refractivity contribution is -0.119. The number of amidine groups is 1. The first-order valence-corrected chi connectivity index (χ1v) is 5.48. The van der Waals surface area contributed by atoms with Gasteiger partial charge < -0.3 is 15.4 Å². The SMILES string of the molecule is COCC(=O)Nc1ccccc1C1=NCCN1. The van der Waals surface area contributed by atoms with Crippen LogP contribution >= 0.6 is 0 Å². The molecule has 0 radical (unpaired) electrons. The first-order valence-electron chi connectivity index (χ1n) is 5.48. The fraction of sp³-hybridized carbons (Fsp3) is 0.333. The van der Waals surface area contributed by atoms with E-state index < -0.39 is 0 Å². The van der Waals surface area contributed by atoms with Gasteiger partial charge in [-0.1, -0.05) is 12.1 Å². The van der Waals surface area contributed by atoms with E-state index in [1.807, 2.05) is 24.3 Å². The van der Waals surface area contributed by atoms with Crippen LogP contribution in [0.4, 0.5) is 5.69 Å². The van der Waals surface area contributed by atoms with E-state index in [2.05, 4.69) is 15.6 Å². The van der Waals surface area contributed by atoms with Crippen LogP contribution in [0.15, 0.2) is 29.3 Å². The van der Waals surface area contributed by atoms with Crippen molar-refractivity contribution in [1.29, 1.82) is 0 Å². The third-order valence-electron chi connectivity index (χ3n) is 2.41. The van der Waals surface area contributed by atoms with Gasteiger partial charge in [0, 0.05) is 19.2 Å². The molecule has 2 rings (SSSR count). The normalized spacial score (nSPS) is 14.1. The van der Waals surface area contributed by atoms with Gasteiger partial charge in [-0.25, -0.2) is 0 Å². The molecule has 1 amide bonds. The van der Waals surface area contributed by atoms with Crippen molar-refractivity contribution in [3.05, 3.63) is 29.8 Å². The molecule has 0 atom stereocenters. The van der Waals surface area contributed by atoms with Crippen LogP contribution in [-0.4, -0.2) is 38.5 Å². The summed E-state index contributed by atoms with van der Waals surface area (Å²) in [4.78, 5) is 15.8. The highest BCUT2D eigenvalue weighted by Gasteiger charge is 2.13. The zero-order chi connectivity index (χ0) is 12.1. The summed E-state index contributed by atoms with van der Waals surface area (Å²) in [5.74, 6) is 0.664. The number of ether oxygens (including phenoxy) is 1. The number of carbonyl (C=O) groups is 1. The second kappa shape index (κ2) is 5.45. The molecule has 0 fully saturated rings. The summed E-state index contributed by atoms with van der Waals surface area (Å²) in [6.45, 7) is 1.67. The molecule has 0 unspecified atom stereocenters. The van der Waals surface area contributed by atoms with E-state index in [4.69, 9.17) is 4.74 Å². The summed E-state index contributed by atoms with van der Waals surface area (Å²) in [6.07, 6.45) is 0. The Hall–Kier alpha value is -1.88. The number of methoxy groups -OCH3 is 1. The van der Waals surface area contributed by atoms with E-state index in [-0.39, 0.29) is 12.5 Å². The average molecular weight is 233 g/mol. The maximum Gasteiger partial charge on any atom is 0.250 e. The third kappa shape index (κ3) is 2.82. The number of nitrogens with zero attached hydrogens (tertiary/aromatic N) is 1. The number of benzene rings is 1. The number of hydrogen-bond donors (Lipinski definition) is 2. The molecule has 17 heavy (non-hydrogen) atoms. The Morgan fingerprint density at radius 3 is 3.06 bits per heavy atom. The smallest absolute Gasteiger partial charge is 0.250 e. The molecule has 1 aromatic carbocycles. The molecule has 0 spiro atoms. The zero-order valence-corrected chi connectivity index (χ0v) is 9.69. The predicted octanol–water partition coefficient (Wildman–Crippen LogP) is 0.621. The van der Waals surface area contributed by atoms with Gasteiger partial charge >= 0.3 is 0 Å². The van der Waals surface area contributed by atoms with Crippen LogP contribution in [0, 0.1) is 0 Å². The lowest BCUT2D eigenvalue weighted by Crippen LogP contribution is -2.23. The van der Waals surface area contributed by atoms with Crippen molar-refractivity contribution < 1.29 is 9.53 Å². The minimum atomic E-state index is -0.168. The number of rotatable bonds is 4. The van der Waals surface area contributed by atoms with E-state index >= 15 is 0 Å². The van der Waals surface area contributed by atoms with Gasteiger partial charge in [0.2, 0.25) is 5.91 Å². The Morgan fingerprint density at radius 2 is 2.35 bits per heavy atom. The Labute approximate surface area is 99.9 Å². The van der Waals surface area contributed by atoms with E-state index in [0.29, 0.717) is 0 Å². The second-order valence-corrected chi connectivity index (χ2v) is 3.68. The van der Waals surface area contributed by atoms with Gasteiger partial charge in [-0.05, 0) is 12.1 Å². The van der Waals surface area contributed by atoms with Crippen molar-refractivity contribution in [1.82, 2.24) is 5.32 Å². The van der Waals surface area contributed by atoms with Gasteiger partial charge in [-0.15, -0.1) is 0 Å². The standard InChI is InChI=1S/C12H15N3O2/c1-17-8-11(16)15-10-5-3-2-4-9(10)12-13-6-7-14-12/h2-5H,6-8H2,1H3,(H,13,14)(H,15,16). The summed E-state index contributed by atoms with van der Waals surface area (Å²) in [7, 11) is 1.49. The minimum absolute atomic E-state index is 0.0498. The molecule has 1 aliphatic heterocycles. The van der Waals surface area contributed by atoms with Gasteiger partial charge in [0.1, 0.15) is 12.4 Å². The molecule has 5 heteroatoms. The number of para-hydroxylation sites is 1. The van der Waals surface area contributed by atoms with E-state index in [1.165, 1.54) is 7.11 Å². The highest BCUT2D eigenvalue weighted by Crippen LogP contribution is 2.16. The van der Waals surface area contributed by atoms with E-state index in [0.717, 1.165) is 30.2 Å². The monoisotopic (exact) mass is 233 g/mol. The number of carbonyl (C=O) groups excluding carboxylic acids is 1. The van der Waals surface area contributed by atoms with Crippen LogP contribution in [0.1, 0.15) is 5.56 Å². The first kappa shape index (κ1) is 11.6. The van der Waals surface area contributed by atoms with Gasteiger partial charge in [0.15, 0.2) is 0 Å². The highest BCUT2D eigenvalue weighted by molar-refractivity contribution is 6.07. The van der Waals surface area contributed by atoms with Crippen molar-refractivity contribution in [2.75, 3.05) is 32.1 Å². The molecule has 0 aromatic heterocycles. The summed E-state index contributed by atoms with van der Waals surface area (Å²) >= 11 is 0. The highest BCUT2D eigenvalue weighted by atomic mass is 16.5. The number of amides is 1. The fourth-order valence-corrected chi connectivity index (χ4v) is 1.69. The van der Waals surface area contributed by atoms with E-state index in [1.54, 1.807) is 0 Å². The van der Waals surface area contributed by atoms with Crippen molar-refractivity contribution in [3.8, 4) is 0 Å². The summed E-state index contributed by atoms with van der Waals surface area (Å²) in [5.41, 5.74) is 1.66. The predicted molar refractivity (Wildman–Crippen MR) is 66.4 cm³/mol. The molecule has 1 aromatic rings. The Kier molecular flexibility index (Phi) is 3.72. The molecular formula is C12H15N3O2. The van der Waals surface area contributed by atoms with Gasteiger partial charge in [0.25, 0.3) is 0 Å². The quantitative estimate of drug-likeness (QED) is 0.801. The topological polar surface area (TPSA) is 62.7 Å². The van der Waals surface area contributed by atoms with Gasteiger partial charge in [0.05, 0.1) is 12.2 Å². The van der Waals surface area contributed by atoms with Crippen LogP contribution in [0.25, 0.3) is 0 Å². The van der Waals surface area contributed by atoms with Crippen LogP contribution in [0.2, 0.25) is 0 Å². The molecular weight excluding hydrogens is 218 g/mol. The number of nitrogens with one attached hydrogen (secondary N) is 2. The maximum atomic E-state index is 11.5. The van der Waals surface area contributed by atoms with Crippen LogP contribution < -0.4 is 10.6 Å². The Balaban J connectivity index is 2.18. The zero-order valence-electron chi connectivity index (χ0n) is 9.69. The minimum Gasteiger partial charge on any atom is -0.375 e. The van der Waals surface area contributed by atoms with Crippen LogP contribution in [-0.2, 0) is 9.53 Å². The molecule has 90 valence electrons. The van der Waals surface area contributed by atoms with Crippen molar-refractivity contribution in [3.63, 3.8) is 0 Å². The van der Waals surface area contributed by atoms with Crippen molar-refractivity contribution in [2.45, 2.75) is 0 Å². The lowest BCUT2D eigenvalue weighted by atomic mass is 10.1. The molecule has 0 saturated carbocycles.